The first-order chi connectivity index (χ1) is 14.8. The molecular formula is C22H20N4O3S2. The average molecular weight is 453 g/mol. The maximum absolute atomic E-state index is 12.8. The first-order valence-electron chi connectivity index (χ1n) is 9.76. The molecule has 1 aliphatic rings. The maximum Gasteiger partial charge on any atom is 0.255 e. The summed E-state index contributed by atoms with van der Waals surface area (Å²) in [5, 5.41) is 4.90. The number of sulfonamides is 1. The molecule has 0 spiro atoms. The van der Waals surface area contributed by atoms with Crippen molar-refractivity contribution in [1.82, 2.24) is 9.38 Å². The highest BCUT2D eigenvalue weighted by Gasteiger charge is 2.32. The standard InChI is InChI=1S/C22H20N4O3S2/c1-14-11-17-12-16(5-8-20(17)26(14)31(2,28)29)21(27)23-18-6-3-15(4-7-18)19-13-25-9-10-30-22(25)24-19/h3-10,12-14H,11H2,1-2H3,(H,23,27)/t14-/m1/s1. The molecule has 1 N–H and O–H groups in total. The molecule has 0 unspecified atom stereocenters. The van der Waals surface area contributed by atoms with Gasteiger partial charge >= 0.3 is 0 Å². The van der Waals surface area contributed by atoms with E-state index < -0.39 is 10.0 Å². The van der Waals surface area contributed by atoms with Crippen LogP contribution in [-0.4, -0.2) is 36.0 Å². The van der Waals surface area contributed by atoms with Crippen molar-refractivity contribution in [3.63, 3.8) is 0 Å². The van der Waals surface area contributed by atoms with Crippen LogP contribution in [0, 0.1) is 0 Å². The second-order valence-corrected chi connectivity index (χ2v) is 10.4. The van der Waals surface area contributed by atoms with Crippen LogP contribution in [0.15, 0.2) is 60.2 Å². The molecule has 1 amide bonds. The molecule has 3 heterocycles. The number of rotatable bonds is 4. The van der Waals surface area contributed by atoms with Crippen LogP contribution >= 0.6 is 11.3 Å². The van der Waals surface area contributed by atoms with E-state index in [2.05, 4.69) is 10.3 Å². The minimum absolute atomic E-state index is 0.158. The topological polar surface area (TPSA) is 83.8 Å². The molecule has 158 valence electrons. The molecule has 0 aliphatic carbocycles. The number of hydrogen-bond acceptors (Lipinski definition) is 5. The Kier molecular flexibility index (Phi) is 4.60. The second-order valence-electron chi connectivity index (χ2n) is 7.71. The normalized spacial score (nSPS) is 15.9. The molecule has 31 heavy (non-hydrogen) atoms. The summed E-state index contributed by atoms with van der Waals surface area (Å²) in [6.45, 7) is 1.87. The van der Waals surface area contributed by atoms with Gasteiger partial charge in [-0.3, -0.25) is 13.5 Å². The van der Waals surface area contributed by atoms with E-state index in [1.54, 1.807) is 29.5 Å². The number of imidazole rings is 1. The van der Waals surface area contributed by atoms with E-state index in [1.165, 1.54) is 10.6 Å². The third-order valence-corrected chi connectivity index (χ3v) is 7.43. The number of fused-ring (bicyclic) bond motifs is 2. The second kappa shape index (κ2) is 7.21. The van der Waals surface area contributed by atoms with Gasteiger partial charge in [0.15, 0.2) is 4.96 Å². The number of anilines is 2. The summed E-state index contributed by atoms with van der Waals surface area (Å²) >= 11 is 1.58. The zero-order chi connectivity index (χ0) is 21.8. The highest BCUT2D eigenvalue weighted by Crippen LogP contribution is 2.35. The molecule has 4 aromatic rings. The van der Waals surface area contributed by atoms with E-state index in [0.717, 1.165) is 21.8 Å². The Morgan fingerprint density at radius 1 is 1.19 bits per heavy atom. The van der Waals surface area contributed by atoms with E-state index in [1.807, 2.05) is 53.4 Å². The zero-order valence-corrected chi connectivity index (χ0v) is 18.6. The fourth-order valence-corrected chi connectivity index (χ4v) is 6.01. The van der Waals surface area contributed by atoms with E-state index in [9.17, 15) is 13.2 Å². The highest BCUT2D eigenvalue weighted by molar-refractivity contribution is 7.92. The van der Waals surface area contributed by atoms with Crippen molar-refractivity contribution in [3.8, 4) is 11.3 Å². The van der Waals surface area contributed by atoms with Crippen molar-refractivity contribution < 1.29 is 13.2 Å². The Balaban J connectivity index is 1.34. The fraction of sp³-hybridized carbons (Fsp3) is 0.182. The van der Waals surface area contributed by atoms with Gasteiger partial charge in [0.05, 0.1) is 17.6 Å². The lowest BCUT2D eigenvalue weighted by molar-refractivity contribution is 0.102. The van der Waals surface area contributed by atoms with Crippen molar-refractivity contribution in [2.45, 2.75) is 19.4 Å². The number of hydrogen-bond donors (Lipinski definition) is 1. The molecule has 9 heteroatoms. The van der Waals surface area contributed by atoms with Gasteiger partial charge in [0.2, 0.25) is 10.0 Å². The van der Waals surface area contributed by atoms with Crippen LogP contribution in [0.1, 0.15) is 22.8 Å². The summed E-state index contributed by atoms with van der Waals surface area (Å²) in [7, 11) is -3.35. The third kappa shape index (κ3) is 3.60. The lowest BCUT2D eigenvalue weighted by Crippen LogP contribution is -2.34. The van der Waals surface area contributed by atoms with Gasteiger partial charge in [0, 0.05) is 40.6 Å². The van der Waals surface area contributed by atoms with Crippen LogP contribution in [0.25, 0.3) is 16.2 Å². The Morgan fingerprint density at radius 2 is 1.97 bits per heavy atom. The Labute approximate surface area is 184 Å². The number of nitrogens with one attached hydrogen (secondary N) is 1. The van der Waals surface area contributed by atoms with E-state index in [0.29, 0.717) is 23.4 Å². The average Bonchev–Trinajstić information content (AvgIpc) is 3.39. The van der Waals surface area contributed by atoms with Crippen molar-refractivity contribution in [3.05, 3.63) is 71.4 Å². The van der Waals surface area contributed by atoms with Crippen molar-refractivity contribution >= 4 is 43.6 Å². The number of carbonyl (C=O) groups is 1. The molecule has 0 saturated carbocycles. The van der Waals surface area contributed by atoms with Crippen molar-refractivity contribution in [2.75, 3.05) is 15.9 Å². The highest BCUT2D eigenvalue weighted by atomic mass is 32.2. The summed E-state index contributed by atoms with van der Waals surface area (Å²) < 4.78 is 27.5. The van der Waals surface area contributed by atoms with Crippen LogP contribution in [0.2, 0.25) is 0 Å². The SMILES string of the molecule is C[C@@H]1Cc2cc(C(=O)Nc3ccc(-c4cn5ccsc5n4)cc3)ccc2N1S(C)(=O)=O. The molecule has 7 nitrogen and oxygen atoms in total. The molecular weight excluding hydrogens is 432 g/mol. The monoisotopic (exact) mass is 452 g/mol. The van der Waals surface area contributed by atoms with Crippen LogP contribution in [0.5, 0.6) is 0 Å². The summed E-state index contributed by atoms with van der Waals surface area (Å²) in [5.74, 6) is -0.233. The smallest absolute Gasteiger partial charge is 0.255 e. The van der Waals surface area contributed by atoms with E-state index >= 15 is 0 Å². The van der Waals surface area contributed by atoms with Gasteiger partial charge < -0.3 is 5.32 Å². The third-order valence-electron chi connectivity index (χ3n) is 5.38. The van der Waals surface area contributed by atoms with Crippen molar-refractivity contribution in [2.24, 2.45) is 0 Å². The quantitative estimate of drug-likeness (QED) is 0.507. The molecule has 2 aromatic heterocycles. The number of nitrogens with zero attached hydrogens (tertiary/aromatic N) is 3. The first kappa shape index (κ1) is 19.8. The Morgan fingerprint density at radius 3 is 2.68 bits per heavy atom. The predicted octanol–water partition coefficient (Wildman–Crippen LogP) is 4.03. The van der Waals surface area contributed by atoms with Gasteiger partial charge in [-0.1, -0.05) is 12.1 Å². The van der Waals surface area contributed by atoms with Crippen molar-refractivity contribution in [1.29, 1.82) is 0 Å². The largest absolute Gasteiger partial charge is 0.322 e. The molecule has 0 bridgehead atoms. The van der Waals surface area contributed by atoms with E-state index in [4.69, 9.17) is 0 Å². The van der Waals surface area contributed by atoms with Gasteiger partial charge in [-0.05, 0) is 49.2 Å². The summed E-state index contributed by atoms with van der Waals surface area (Å²) in [6.07, 6.45) is 5.73. The zero-order valence-electron chi connectivity index (χ0n) is 16.9. The lowest BCUT2D eigenvalue weighted by Gasteiger charge is -2.21. The summed E-state index contributed by atoms with van der Waals surface area (Å²) in [4.78, 5) is 18.3. The maximum atomic E-state index is 12.8. The number of amides is 1. The first-order valence-corrected chi connectivity index (χ1v) is 12.5. The van der Waals surface area contributed by atoms with Crippen LogP contribution in [0.3, 0.4) is 0 Å². The number of carbonyl (C=O) groups excluding carboxylic acids is 1. The number of thiazole rings is 1. The molecule has 5 rings (SSSR count). The molecule has 1 atom stereocenters. The molecule has 1 aliphatic heterocycles. The van der Waals surface area contributed by atoms with Crippen LogP contribution in [-0.2, 0) is 16.4 Å². The fourth-order valence-electron chi connectivity index (χ4n) is 4.04. The number of aromatic nitrogens is 2. The Bertz CT molecular complexity index is 1380. The van der Waals surface area contributed by atoms with Gasteiger partial charge in [-0.25, -0.2) is 13.4 Å². The predicted molar refractivity (Wildman–Crippen MR) is 123 cm³/mol. The minimum atomic E-state index is -3.35. The van der Waals surface area contributed by atoms with Gasteiger partial charge in [-0.2, -0.15) is 0 Å². The van der Waals surface area contributed by atoms with E-state index in [-0.39, 0.29) is 11.9 Å². The minimum Gasteiger partial charge on any atom is -0.322 e. The lowest BCUT2D eigenvalue weighted by atomic mass is 10.1. The van der Waals surface area contributed by atoms with Gasteiger partial charge in [0.1, 0.15) is 0 Å². The molecule has 0 radical (unpaired) electrons. The Hall–Kier alpha value is -3.17. The van der Waals surface area contributed by atoms with Crippen LogP contribution in [0.4, 0.5) is 11.4 Å². The van der Waals surface area contributed by atoms with Gasteiger partial charge in [0.25, 0.3) is 5.91 Å². The summed E-state index contributed by atoms with van der Waals surface area (Å²) in [6, 6.07) is 12.5. The summed E-state index contributed by atoms with van der Waals surface area (Å²) in [5.41, 5.74) is 4.55. The number of benzene rings is 2. The molecule has 0 fully saturated rings. The molecule has 2 aromatic carbocycles. The molecule has 0 saturated heterocycles. The van der Waals surface area contributed by atoms with Crippen LogP contribution < -0.4 is 9.62 Å². The van der Waals surface area contributed by atoms with Gasteiger partial charge in [-0.15, -0.1) is 11.3 Å².